The minimum absolute atomic E-state index is 0.0189. The smallest absolute Gasteiger partial charge is 0.321 e. The van der Waals surface area contributed by atoms with E-state index in [4.69, 9.17) is 4.42 Å². The molecule has 0 bridgehead atoms. The van der Waals surface area contributed by atoms with Gasteiger partial charge in [-0.05, 0) is 37.6 Å². The number of rotatable bonds is 3. The standard InChI is InChI=1S/C18H23N3O2/c1-14-5-6-17(15(2)12-14)19-18(22)21-9-7-20(8-10-21)13-16-4-3-11-23-16/h3-6,11-12H,7-10,13H2,1-2H3,(H,19,22). The Morgan fingerprint density at radius 2 is 1.96 bits per heavy atom. The lowest BCUT2D eigenvalue weighted by atomic mass is 10.1. The third-order valence-electron chi connectivity index (χ3n) is 4.24. The summed E-state index contributed by atoms with van der Waals surface area (Å²) in [7, 11) is 0. The van der Waals surface area contributed by atoms with E-state index in [2.05, 4.69) is 23.2 Å². The zero-order valence-corrected chi connectivity index (χ0v) is 13.7. The topological polar surface area (TPSA) is 48.7 Å². The van der Waals surface area contributed by atoms with Gasteiger partial charge in [-0.2, -0.15) is 0 Å². The number of hydrogen-bond acceptors (Lipinski definition) is 3. The zero-order chi connectivity index (χ0) is 16.2. The first kappa shape index (κ1) is 15.6. The van der Waals surface area contributed by atoms with Crippen LogP contribution in [0.25, 0.3) is 0 Å². The molecule has 23 heavy (non-hydrogen) atoms. The number of aryl methyl sites for hydroxylation is 2. The molecule has 5 heteroatoms. The normalized spacial score (nSPS) is 15.7. The molecule has 0 atom stereocenters. The van der Waals surface area contributed by atoms with Crippen molar-refractivity contribution in [2.24, 2.45) is 0 Å². The number of nitrogens with one attached hydrogen (secondary N) is 1. The minimum atomic E-state index is -0.0189. The van der Waals surface area contributed by atoms with E-state index in [9.17, 15) is 4.79 Å². The molecule has 1 aromatic carbocycles. The van der Waals surface area contributed by atoms with E-state index in [0.717, 1.165) is 49.7 Å². The first-order valence-corrected chi connectivity index (χ1v) is 8.00. The molecule has 2 heterocycles. The van der Waals surface area contributed by atoms with Gasteiger partial charge in [0.05, 0.1) is 12.8 Å². The van der Waals surface area contributed by atoms with E-state index in [1.807, 2.05) is 36.1 Å². The molecule has 1 fully saturated rings. The molecule has 1 saturated heterocycles. The molecule has 2 amide bonds. The van der Waals surface area contributed by atoms with E-state index >= 15 is 0 Å². The number of benzene rings is 1. The highest BCUT2D eigenvalue weighted by atomic mass is 16.3. The predicted octanol–water partition coefficient (Wildman–Crippen LogP) is 3.25. The Morgan fingerprint density at radius 3 is 2.61 bits per heavy atom. The van der Waals surface area contributed by atoms with Crippen LogP contribution in [0.2, 0.25) is 0 Å². The number of carbonyl (C=O) groups is 1. The summed E-state index contributed by atoms with van der Waals surface area (Å²) in [5.74, 6) is 0.971. The largest absolute Gasteiger partial charge is 0.468 e. The Hall–Kier alpha value is -2.27. The van der Waals surface area contributed by atoms with Gasteiger partial charge in [-0.15, -0.1) is 0 Å². The Bertz CT molecular complexity index is 659. The number of nitrogens with zero attached hydrogens (tertiary/aromatic N) is 2. The highest BCUT2D eigenvalue weighted by Crippen LogP contribution is 2.17. The lowest BCUT2D eigenvalue weighted by Crippen LogP contribution is -2.49. The van der Waals surface area contributed by atoms with Crippen molar-refractivity contribution >= 4 is 11.7 Å². The van der Waals surface area contributed by atoms with Crippen molar-refractivity contribution in [1.29, 1.82) is 0 Å². The molecule has 0 spiro atoms. The predicted molar refractivity (Wildman–Crippen MR) is 90.5 cm³/mol. The second-order valence-electron chi connectivity index (χ2n) is 6.09. The van der Waals surface area contributed by atoms with Gasteiger partial charge < -0.3 is 14.6 Å². The van der Waals surface area contributed by atoms with Crippen LogP contribution in [0.1, 0.15) is 16.9 Å². The van der Waals surface area contributed by atoms with Crippen molar-refractivity contribution in [3.05, 3.63) is 53.5 Å². The van der Waals surface area contributed by atoms with Gasteiger partial charge in [0.15, 0.2) is 0 Å². The van der Waals surface area contributed by atoms with Gasteiger partial charge in [-0.3, -0.25) is 4.90 Å². The molecule has 122 valence electrons. The van der Waals surface area contributed by atoms with Crippen LogP contribution in [0.3, 0.4) is 0 Å². The summed E-state index contributed by atoms with van der Waals surface area (Å²) in [6, 6.07) is 9.94. The number of hydrogen-bond donors (Lipinski definition) is 1. The molecule has 5 nitrogen and oxygen atoms in total. The first-order chi connectivity index (χ1) is 11.1. The second-order valence-corrected chi connectivity index (χ2v) is 6.09. The van der Waals surface area contributed by atoms with E-state index in [0.29, 0.717) is 0 Å². The molecule has 0 saturated carbocycles. The molecular formula is C18H23N3O2. The lowest BCUT2D eigenvalue weighted by Gasteiger charge is -2.34. The van der Waals surface area contributed by atoms with Gasteiger partial charge >= 0.3 is 6.03 Å². The first-order valence-electron chi connectivity index (χ1n) is 8.00. The van der Waals surface area contributed by atoms with Crippen LogP contribution in [0.15, 0.2) is 41.0 Å². The second kappa shape index (κ2) is 6.87. The maximum Gasteiger partial charge on any atom is 0.321 e. The molecule has 0 radical (unpaired) electrons. The Morgan fingerprint density at radius 1 is 1.17 bits per heavy atom. The summed E-state index contributed by atoms with van der Waals surface area (Å²) in [4.78, 5) is 16.6. The quantitative estimate of drug-likeness (QED) is 0.946. The molecule has 0 unspecified atom stereocenters. The highest BCUT2D eigenvalue weighted by Gasteiger charge is 2.21. The molecule has 0 aliphatic carbocycles. The highest BCUT2D eigenvalue weighted by molar-refractivity contribution is 5.90. The van der Waals surface area contributed by atoms with Gasteiger partial charge in [0.2, 0.25) is 0 Å². The maximum absolute atomic E-state index is 12.4. The summed E-state index contributed by atoms with van der Waals surface area (Å²) < 4.78 is 5.38. The number of furan rings is 1. The molecule has 2 aromatic rings. The summed E-state index contributed by atoms with van der Waals surface area (Å²) in [5.41, 5.74) is 3.18. The van der Waals surface area contributed by atoms with E-state index in [1.54, 1.807) is 6.26 Å². The molecular weight excluding hydrogens is 290 g/mol. The molecule has 1 aromatic heterocycles. The number of urea groups is 1. The summed E-state index contributed by atoms with van der Waals surface area (Å²) in [6.45, 7) is 8.07. The van der Waals surface area contributed by atoms with Crippen molar-refractivity contribution in [2.45, 2.75) is 20.4 Å². The van der Waals surface area contributed by atoms with Crippen LogP contribution in [0, 0.1) is 13.8 Å². The number of carbonyl (C=O) groups excluding carboxylic acids is 1. The van der Waals surface area contributed by atoms with Gasteiger partial charge in [0.25, 0.3) is 0 Å². The Labute approximate surface area is 136 Å². The average Bonchev–Trinajstić information content (AvgIpc) is 3.04. The molecule has 1 aliphatic heterocycles. The van der Waals surface area contributed by atoms with Crippen molar-refractivity contribution < 1.29 is 9.21 Å². The van der Waals surface area contributed by atoms with Crippen LogP contribution in [0.4, 0.5) is 10.5 Å². The molecule has 1 aliphatic rings. The van der Waals surface area contributed by atoms with E-state index < -0.39 is 0 Å². The summed E-state index contributed by atoms with van der Waals surface area (Å²) in [6.07, 6.45) is 1.70. The molecule has 3 rings (SSSR count). The van der Waals surface area contributed by atoms with E-state index in [1.165, 1.54) is 5.56 Å². The van der Waals surface area contributed by atoms with Gasteiger partial charge in [-0.1, -0.05) is 17.7 Å². The number of amides is 2. The fraction of sp³-hybridized carbons (Fsp3) is 0.389. The minimum Gasteiger partial charge on any atom is -0.468 e. The van der Waals surface area contributed by atoms with Crippen molar-refractivity contribution in [3.63, 3.8) is 0 Å². The van der Waals surface area contributed by atoms with Gasteiger partial charge in [0.1, 0.15) is 5.76 Å². The Balaban J connectivity index is 1.51. The summed E-state index contributed by atoms with van der Waals surface area (Å²) in [5, 5.41) is 3.02. The SMILES string of the molecule is Cc1ccc(NC(=O)N2CCN(Cc3ccco3)CC2)c(C)c1. The van der Waals surface area contributed by atoms with Crippen LogP contribution in [-0.4, -0.2) is 42.0 Å². The summed E-state index contributed by atoms with van der Waals surface area (Å²) >= 11 is 0. The van der Waals surface area contributed by atoms with Crippen molar-refractivity contribution in [3.8, 4) is 0 Å². The number of anilines is 1. The van der Waals surface area contributed by atoms with Crippen LogP contribution in [0.5, 0.6) is 0 Å². The van der Waals surface area contributed by atoms with Gasteiger partial charge in [0, 0.05) is 31.9 Å². The third kappa shape index (κ3) is 3.93. The van der Waals surface area contributed by atoms with E-state index in [-0.39, 0.29) is 6.03 Å². The molecule has 1 N–H and O–H groups in total. The fourth-order valence-electron chi connectivity index (χ4n) is 2.88. The van der Waals surface area contributed by atoms with Crippen LogP contribution >= 0.6 is 0 Å². The van der Waals surface area contributed by atoms with Crippen molar-refractivity contribution in [1.82, 2.24) is 9.80 Å². The van der Waals surface area contributed by atoms with Gasteiger partial charge in [-0.25, -0.2) is 4.79 Å². The average molecular weight is 313 g/mol. The Kier molecular flexibility index (Phi) is 4.67. The third-order valence-corrected chi connectivity index (χ3v) is 4.24. The zero-order valence-electron chi connectivity index (χ0n) is 13.7. The maximum atomic E-state index is 12.4. The lowest BCUT2D eigenvalue weighted by molar-refractivity contribution is 0.137. The van der Waals surface area contributed by atoms with Crippen molar-refractivity contribution in [2.75, 3.05) is 31.5 Å². The monoisotopic (exact) mass is 313 g/mol. The van der Waals surface area contributed by atoms with Crippen LogP contribution in [-0.2, 0) is 6.54 Å². The fourth-order valence-corrected chi connectivity index (χ4v) is 2.88. The van der Waals surface area contributed by atoms with Crippen LogP contribution < -0.4 is 5.32 Å². The number of piperazine rings is 1.